The monoisotopic (exact) mass is 379 g/mol. The third-order valence-electron chi connectivity index (χ3n) is 2.49. The maximum Gasteiger partial charge on any atom is 0.244 e. The van der Waals surface area contributed by atoms with Crippen LogP contribution in [0.2, 0.25) is 5.02 Å². The number of rotatable bonds is 5. The summed E-state index contributed by atoms with van der Waals surface area (Å²) < 4.78 is 32.7. The predicted molar refractivity (Wildman–Crippen MR) is 78.3 cm³/mol. The summed E-state index contributed by atoms with van der Waals surface area (Å²) in [5.41, 5.74) is 0.716. The van der Waals surface area contributed by atoms with E-state index in [1.807, 2.05) is 0 Å². The molecule has 1 heterocycles. The van der Waals surface area contributed by atoms with Crippen LogP contribution in [0.15, 0.2) is 33.9 Å². The SMILES string of the molecule is COc1c(Br)cc(Cl)cc1S(=O)(=O)NCc1cn[nH]c1. The molecular formula is C11H11BrClN3O3S. The van der Waals surface area contributed by atoms with Gasteiger partial charge in [0.05, 0.1) is 17.8 Å². The summed E-state index contributed by atoms with van der Waals surface area (Å²) in [7, 11) is -2.36. The molecule has 2 aromatic rings. The normalized spacial score (nSPS) is 11.6. The Morgan fingerprint density at radius 2 is 2.25 bits per heavy atom. The second kappa shape index (κ2) is 6.13. The lowest BCUT2D eigenvalue weighted by molar-refractivity contribution is 0.399. The number of methoxy groups -OCH3 is 1. The van der Waals surface area contributed by atoms with Gasteiger partial charge in [-0.15, -0.1) is 0 Å². The Morgan fingerprint density at radius 3 is 2.85 bits per heavy atom. The number of hydrogen-bond acceptors (Lipinski definition) is 4. The molecule has 0 spiro atoms. The van der Waals surface area contributed by atoms with E-state index in [0.29, 0.717) is 15.1 Å². The topological polar surface area (TPSA) is 84.1 Å². The van der Waals surface area contributed by atoms with Crippen LogP contribution in [0.25, 0.3) is 0 Å². The van der Waals surface area contributed by atoms with Crippen molar-refractivity contribution in [3.05, 3.63) is 39.6 Å². The van der Waals surface area contributed by atoms with Crippen molar-refractivity contribution in [1.82, 2.24) is 14.9 Å². The van der Waals surface area contributed by atoms with E-state index in [0.717, 1.165) is 0 Å². The molecule has 0 unspecified atom stereocenters. The minimum absolute atomic E-state index is 0.0251. The zero-order valence-corrected chi connectivity index (χ0v) is 13.5. The average molecular weight is 381 g/mol. The van der Waals surface area contributed by atoms with Gasteiger partial charge in [-0.1, -0.05) is 11.6 Å². The molecule has 0 amide bonds. The molecule has 0 aliphatic heterocycles. The first-order valence-electron chi connectivity index (χ1n) is 5.44. The van der Waals surface area contributed by atoms with E-state index < -0.39 is 10.0 Å². The minimum atomic E-state index is -3.76. The van der Waals surface area contributed by atoms with E-state index in [9.17, 15) is 8.42 Å². The van der Waals surface area contributed by atoms with Gasteiger partial charge in [-0.25, -0.2) is 13.1 Å². The fourth-order valence-corrected chi connectivity index (χ4v) is 3.96. The van der Waals surface area contributed by atoms with Crippen LogP contribution in [0.5, 0.6) is 5.75 Å². The molecule has 20 heavy (non-hydrogen) atoms. The quantitative estimate of drug-likeness (QED) is 0.834. The van der Waals surface area contributed by atoms with Crippen LogP contribution >= 0.6 is 27.5 Å². The molecule has 2 N–H and O–H groups in total. The van der Waals surface area contributed by atoms with Crippen LogP contribution in [-0.2, 0) is 16.6 Å². The van der Waals surface area contributed by atoms with Crippen molar-refractivity contribution in [2.24, 2.45) is 0 Å². The van der Waals surface area contributed by atoms with E-state index in [1.165, 1.54) is 19.4 Å². The zero-order valence-electron chi connectivity index (χ0n) is 10.4. The van der Waals surface area contributed by atoms with Crippen molar-refractivity contribution >= 4 is 37.6 Å². The fraction of sp³-hybridized carbons (Fsp3) is 0.182. The molecule has 0 saturated carbocycles. The van der Waals surface area contributed by atoms with Crippen molar-refractivity contribution in [3.8, 4) is 5.75 Å². The standard InChI is InChI=1S/C11H11BrClN3O3S/c1-19-11-9(12)2-8(13)3-10(11)20(17,18)16-6-7-4-14-15-5-7/h2-5,16H,6H2,1H3,(H,14,15). The average Bonchev–Trinajstić information content (AvgIpc) is 2.89. The van der Waals surface area contributed by atoms with Gasteiger partial charge in [0.1, 0.15) is 4.90 Å². The van der Waals surface area contributed by atoms with Crippen molar-refractivity contribution in [1.29, 1.82) is 0 Å². The maximum atomic E-state index is 12.3. The fourth-order valence-electron chi connectivity index (χ4n) is 1.56. The second-order valence-corrected chi connectivity index (χ2v) is 6.88. The van der Waals surface area contributed by atoms with Crippen molar-refractivity contribution in [2.45, 2.75) is 11.4 Å². The van der Waals surface area contributed by atoms with Gasteiger partial charge in [-0.3, -0.25) is 5.10 Å². The molecule has 0 fully saturated rings. The summed E-state index contributed by atoms with van der Waals surface area (Å²) in [6.07, 6.45) is 3.14. The molecule has 1 aromatic carbocycles. The van der Waals surface area contributed by atoms with E-state index >= 15 is 0 Å². The minimum Gasteiger partial charge on any atom is -0.494 e. The molecule has 0 bridgehead atoms. The van der Waals surface area contributed by atoms with E-state index in [1.54, 1.807) is 12.3 Å². The van der Waals surface area contributed by atoms with Crippen LogP contribution in [0.1, 0.15) is 5.56 Å². The molecule has 0 saturated heterocycles. The summed E-state index contributed by atoms with van der Waals surface area (Å²) >= 11 is 9.12. The smallest absolute Gasteiger partial charge is 0.244 e. The molecule has 108 valence electrons. The van der Waals surface area contributed by atoms with E-state index in [4.69, 9.17) is 16.3 Å². The number of hydrogen-bond donors (Lipinski definition) is 2. The summed E-state index contributed by atoms with van der Waals surface area (Å²) in [4.78, 5) is -0.0251. The number of sulfonamides is 1. The number of nitrogens with zero attached hydrogens (tertiary/aromatic N) is 1. The first kappa shape index (κ1) is 15.3. The summed E-state index contributed by atoms with van der Waals surface area (Å²) in [6, 6.07) is 2.90. The number of aromatic nitrogens is 2. The Labute approximate surface area is 129 Å². The van der Waals surface area contributed by atoms with Crippen LogP contribution in [0, 0.1) is 0 Å². The van der Waals surface area contributed by atoms with Gasteiger partial charge < -0.3 is 4.74 Å². The Hall–Kier alpha value is -1.09. The predicted octanol–water partition coefficient (Wildman–Crippen LogP) is 2.31. The number of aromatic amines is 1. The zero-order chi connectivity index (χ0) is 14.8. The molecule has 0 radical (unpaired) electrons. The van der Waals surface area contributed by atoms with Crippen LogP contribution in [0.3, 0.4) is 0 Å². The van der Waals surface area contributed by atoms with Crippen LogP contribution < -0.4 is 9.46 Å². The first-order chi connectivity index (χ1) is 9.44. The second-order valence-electron chi connectivity index (χ2n) is 3.85. The van der Waals surface area contributed by atoms with Gasteiger partial charge in [-0.05, 0) is 28.1 Å². The Morgan fingerprint density at radius 1 is 1.50 bits per heavy atom. The number of benzene rings is 1. The molecule has 6 nitrogen and oxygen atoms in total. The van der Waals surface area contributed by atoms with Crippen LogP contribution in [0.4, 0.5) is 0 Å². The Bertz CT molecular complexity index is 704. The molecule has 2 rings (SSSR count). The lowest BCUT2D eigenvalue weighted by Gasteiger charge is -2.12. The van der Waals surface area contributed by atoms with Crippen molar-refractivity contribution in [3.63, 3.8) is 0 Å². The van der Waals surface area contributed by atoms with Gasteiger partial charge in [0, 0.05) is 23.3 Å². The molecule has 0 aliphatic carbocycles. The van der Waals surface area contributed by atoms with Gasteiger partial charge in [0.15, 0.2) is 5.75 Å². The number of halogens is 2. The third-order valence-corrected chi connectivity index (χ3v) is 4.70. The van der Waals surface area contributed by atoms with E-state index in [-0.39, 0.29) is 17.2 Å². The highest BCUT2D eigenvalue weighted by Crippen LogP contribution is 2.35. The van der Waals surface area contributed by atoms with Crippen molar-refractivity contribution < 1.29 is 13.2 Å². The maximum absolute atomic E-state index is 12.3. The van der Waals surface area contributed by atoms with Gasteiger partial charge in [-0.2, -0.15) is 5.10 Å². The molecule has 0 aliphatic rings. The highest BCUT2D eigenvalue weighted by molar-refractivity contribution is 9.10. The summed E-state index contributed by atoms with van der Waals surface area (Å²) in [5.74, 6) is 0.203. The number of nitrogens with one attached hydrogen (secondary N) is 2. The number of ether oxygens (including phenoxy) is 1. The lowest BCUT2D eigenvalue weighted by Crippen LogP contribution is -2.23. The summed E-state index contributed by atoms with van der Waals surface area (Å²) in [5, 5.41) is 6.65. The Kier molecular flexibility index (Phi) is 4.69. The van der Waals surface area contributed by atoms with Crippen molar-refractivity contribution in [2.75, 3.05) is 7.11 Å². The molecule has 0 atom stereocenters. The van der Waals surface area contributed by atoms with Gasteiger partial charge in [0.2, 0.25) is 10.0 Å². The molecular weight excluding hydrogens is 370 g/mol. The highest BCUT2D eigenvalue weighted by Gasteiger charge is 2.22. The van der Waals surface area contributed by atoms with Gasteiger partial charge >= 0.3 is 0 Å². The third kappa shape index (κ3) is 3.32. The summed E-state index contributed by atoms with van der Waals surface area (Å²) in [6.45, 7) is 0.117. The Balaban J connectivity index is 2.33. The largest absolute Gasteiger partial charge is 0.494 e. The molecule has 1 aromatic heterocycles. The molecule has 9 heteroatoms. The lowest BCUT2D eigenvalue weighted by atomic mass is 10.3. The van der Waals surface area contributed by atoms with Gasteiger partial charge in [0.25, 0.3) is 0 Å². The number of H-pyrrole nitrogens is 1. The first-order valence-corrected chi connectivity index (χ1v) is 8.10. The highest BCUT2D eigenvalue weighted by atomic mass is 79.9. The van der Waals surface area contributed by atoms with Crippen LogP contribution in [-0.4, -0.2) is 25.7 Å². The van der Waals surface area contributed by atoms with E-state index in [2.05, 4.69) is 30.8 Å².